The number of amides is 1. The standard InChI is InChI=1S/C27H27NO4S/c1-4-20-11-13-22(14-12-20)24-26(33(31,32)23-15-7-19(3)8-16-23)25(29)27(30)28(24)17-21-9-5-18(2)6-10-21/h5-16,24,29H,4,17H2,1-3H3/t24-/m0/s1. The molecule has 0 aliphatic carbocycles. The summed E-state index contributed by atoms with van der Waals surface area (Å²) in [5.74, 6) is -1.40. The molecule has 0 spiro atoms. The zero-order chi connectivity index (χ0) is 23.8. The fourth-order valence-corrected chi connectivity index (χ4v) is 5.72. The number of sulfone groups is 1. The van der Waals surface area contributed by atoms with Crippen molar-refractivity contribution in [3.8, 4) is 0 Å². The van der Waals surface area contributed by atoms with Crippen LogP contribution >= 0.6 is 0 Å². The van der Waals surface area contributed by atoms with Gasteiger partial charge in [0.15, 0.2) is 5.76 Å². The Hall–Kier alpha value is -3.38. The van der Waals surface area contributed by atoms with E-state index in [2.05, 4.69) is 0 Å². The molecule has 0 saturated carbocycles. The first-order valence-electron chi connectivity index (χ1n) is 10.9. The molecule has 6 heteroatoms. The van der Waals surface area contributed by atoms with E-state index in [0.717, 1.165) is 28.7 Å². The van der Waals surface area contributed by atoms with E-state index in [0.29, 0.717) is 5.56 Å². The smallest absolute Gasteiger partial charge is 0.290 e. The van der Waals surface area contributed by atoms with Crippen LogP contribution in [0.4, 0.5) is 0 Å². The molecular weight excluding hydrogens is 434 g/mol. The first-order chi connectivity index (χ1) is 15.7. The summed E-state index contributed by atoms with van der Waals surface area (Å²) in [7, 11) is -4.12. The maximum Gasteiger partial charge on any atom is 0.290 e. The van der Waals surface area contributed by atoms with Gasteiger partial charge < -0.3 is 10.0 Å². The SMILES string of the molecule is CCc1ccc([C@H]2C(S(=O)(=O)c3ccc(C)cc3)=C(O)C(=O)N2Cc2ccc(C)cc2)cc1. The van der Waals surface area contributed by atoms with Crippen LogP contribution in [0.1, 0.15) is 40.8 Å². The summed E-state index contributed by atoms with van der Waals surface area (Å²) in [4.78, 5) is 14.4. The van der Waals surface area contributed by atoms with Crippen molar-refractivity contribution in [3.63, 3.8) is 0 Å². The second-order valence-corrected chi connectivity index (χ2v) is 10.4. The Labute approximate surface area is 194 Å². The summed E-state index contributed by atoms with van der Waals surface area (Å²) in [6, 6.07) is 20.7. The van der Waals surface area contributed by atoms with E-state index >= 15 is 0 Å². The average molecular weight is 462 g/mol. The van der Waals surface area contributed by atoms with E-state index in [1.54, 1.807) is 12.1 Å². The number of hydrogen-bond donors (Lipinski definition) is 1. The van der Waals surface area contributed by atoms with Crippen LogP contribution in [0, 0.1) is 13.8 Å². The zero-order valence-electron chi connectivity index (χ0n) is 18.9. The van der Waals surface area contributed by atoms with Crippen molar-refractivity contribution in [1.82, 2.24) is 4.90 Å². The predicted octanol–water partition coefficient (Wildman–Crippen LogP) is 5.19. The minimum Gasteiger partial charge on any atom is -0.502 e. The van der Waals surface area contributed by atoms with Crippen LogP contribution in [0.2, 0.25) is 0 Å². The first-order valence-corrected chi connectivity index (χ1v) is 12.4. The minimum absolute atomic E-state index is 0.0508. The van der Waals surface area contributed by atoms with E-state index in [9.17, 15) is 18.3 Å². The third kappa shape index (κ3) is 4.31. The predicted molar refractivity (Wildman–Crippen MR) is 128 cm³/mol. The lowest BCUT2D eigenvalue weighted by Gasteiger charge is -2.27. The molecule has 0 fully saturated rings. The van der Waals surface area contributed by atoms with Gasteiger partial charge in [-0.2, -0.15) is 0 Å². The molecule has 0 radical (unpaired) electrons. The summed E-state index contributed by atoms with van der Waals surface area (Å²) in [5.41, 5.74) is 4.60. The highest BCUT2D eigenvalue weighted by Gasteiger charge is 2.46. The Morgan fingerprint density at radius 3 is 1.88 bits per heavy atom. The molecule has 0 saturated heterocycles. The fourth-order valence-electron chi connectivity index (χ4n) is 4.07. The van der Waals surface area contributed by atoms with Crippen molar-refractivity contribution in [2.24, 2.45) is 0 Å². The molecule has 1 heterocycles. The zero-order valence-corrected chi connectivity index (χ0v) is 19.8. The van der Waals surface area contributed by atoms with E-state index in [1.165, 1.54) is 17.0 Å². The van der Waals surface area contributed by atoms with Gasteiger partial charge >= 0.3 is 0 Å². The van der Waals surface area contributed by atoms with Gasteiger partial charge in [0.1, 0.15) is 4.91 Å². The molecule has 1 N–H and O–H groups in total. The van der Waals surface area contributed by atoms with Crippen LogP contribution in [0.15, 0.2) is 88.4 Å². The van der Waals surface area contributed by atoms with Gasteiger partial charge in [0.05, 0.1) is 10.9 Å². The average Bonchev–Trinajstić information content (AvgIpc) is 3.06. The maximum absolute atomic E-state index is 13.7. The Kier molecular flexibility index (Phi) is 6.13. The highest BCUT2D eigenvalue weighted by atomic mass is 32.2. The Bertz CT molecular complexity index is 1310. The molecular formula is C27H27NO4S. The monoisotopic (exact) mass is 461 g/mol. The van der Waals surface area contributed by atoms with Gasteiger partial charge in [0, 0.05) is 6.54 Å². The van der Waals surface area contributed by atoms with Gasteiger partial charge in [-0.15, -0.1) is 0 Å². The molecule has 1 amide bonds. The largest absolute Gasteiger partial charge is 0.502 e. The second kappa shape index (κ2) is 8.87. The van der Waals surface area contributed by atoms with Gasteiger partial charge in [-0.05, 0) is 49.1 Å². The molecule has 1 aliphatic heterocycles. The number of benzene rings is 3. The van der Waals surface area contributed by atoms with Crippen LogP contribution in [-0.4, -0.2) is 24.3 Å². The number of aliphatic hydroxyl groups excluding tert-OH is 1. The van der Waals surface area contributed by atoms with Gasteiger partial charge in [0.25, 0.3) is 5.91 Å². The Morgan fingerprint density at radius 1 is 0.818 bits per heavy atom. The van der Waals surface area contributed by atoms with E-state index in [1.807, 2.05) is 69.3 Å². The van der Waals surface area contributed by atoms with Crippen LogP contribution < -0.4 is 0 Å². The van der Waals surface area contributed by atoms with Crippen molar-refractivity contribution >= 4 is 15.7 Å². The molecule has 0 unspecified atom stereocenters. The lowest BCUT2D eigenvalue weighted by Crippen LogP contribution is -2.30. The van der Waals surface area contributed by atoms with Gasteiger partial charge in [-0.1, -0.05) is 78.7 Å². The topological polar surface area (TPSA) is 74.7 Å². The molecule has 5 nitrogen and oxygen atoms in total. The number of nitrogens with zero attached hydrogens (tertiary/aromatic N) is 1. The quantitative estimate of drug-likeness (QED) is 0.548. The van der Waals surface area contributed by atoms with Crippen molar-refractivity contribution < 1.29 is 18.3 Å². The van der Waals surface area contributed by atoms with Crippen LogP contribution in [0.3, 0.4) is 0 Å². The number of rotatable bonds is 6. The molecule has 170 valence electrons. The molecule has 1 aliphatic rings. The van der Waals surface area contributed by atoms with Crippen molar-refractivity contribution in [2.45, 2.75) is 44.7 Å². The Balaban J connectivity index is 1.84. The molecule has 3 aromatic carbocycles. The third-order valence-electron chi connectivity index (χ3n) is 6.05. The highest BCUT2D eigenvalue weighted by Crippen LogP contribution is 2.43. The van der Waals surface area contributed by atoms with Gasteiger partial charge in [-0.25, -0.2) is 8.42 Å². The lowest BCUT2D eigenvalue weighted by molar-refractivity contribution is -0.130. The Morgan fingerprint density at radius 2 is 1.33 bits per heavy atom. The molecule has 4 rings (SSSR count). The fraction of sp³-hybridized carbons (Fsp3) is 0.222. The number of carbonyl (C=O) groups excluding carboxylic acids is 1. The van der Waals surface area contributed by atoms with Crippen molar-refractivity contribution in [1.29, 1.82) is 0 Å². The van der Waals surface area contributed by atoms with Crippen molar-refractivity contribution in [3.05, 3.63) is 111 Å². The number of carbonyl (C=O) groups is 1. The third-order valence-corrected chi connectivity index (χ3v) is 7.94. The number of aryl methyl sites for hydroxylation is 3. The summed E-state index contributed by atoms with van der Waals surface area (Å²) < 4.78 is 27.3. The summed E-state index contributed by atoms with van der Waals surface area (Å²) in [6.45, 7) is 6.06. The number of aliphatic hydroxyl groups is 1. The molecule has 0 bridgehead atoms. The van der Waals surface area contributed by atoms with Crippen LogP contribution in [0.5, 0.6) is 0 Å². The van der Waals surface area contributed by atoms with E-state index in [4.69, 9.17) is 0 Å². The van der Waals surface area contributed by atoms with E-state index in [-0.39, 0.29) is 16.3 Å². The van der Waals surface area contributed by atoms with Gasteiger partial charge in [-0.3, -0.25) is 4.79 Å². The summed E-state index contributed by atoms with van der Waals surface area (Å²) in [6.07, 6.45) is 0.840. The van der Waals surface area contributed by atoms with Crippen LogP contribution in [-0.2, 0) is 27.6 Å². The van der Waals surface area contributed by atoms with Crippen LogP contribution in [0.25, 0.3) is 0 Å². The normalized spacial score (nSPS) is 16.5. The van der Waals surface area contributed by atoms with Gasteiger partial charge in [0.2, 0.25) is 9.84 Å². The molecule has 33 heavy (non-hydrogen) atoms. The molecule has 1 atom stereocenters. The highest BCUT2D eigenvalue weighted by molar-refractivity contribution is 7.95. The summed E-state index contributed by atoms with van der Waals surface area (Å²) >= 11 is 0. The maximum atomic E-state index is 13.7. The second-order valence-electron chi connectivity index (χ2n) is 8.45. The van der Waals surface area contributed by atoms with Crippen molar-refractivity contribution in [2.75, 3.05) is 0 Å². The lowest BCUT2D eigenvalue weighted by atomic mass is 10.0. The van der Waals surface area contributed by atoms with E-state index < -0.39 is 27.5 Å². The first kappa shape index (κ1) is 22.8. The molecule has 3 aromatic rings. The minimum atomic E-state index is -4.12. The number of hydrogen-bond acceptors (Lipinski definition) is 4. The molecule has 0 aromatic heterocycles. The summed E-state index contributed by atoms with van der Waals surface area (Å²) in [5, 5.41) is 10.8.